The van der Waals surface area contributed by atoms with Crippen LogP contribution < -0.4 is 5.73 Å². The van der Waals surface area contributed by atoms with E-state index in [1.807, 2.05) is 19.9 Å². The molecule has 1 heterocycles. The van der Waals surface area contributed by atoms with Gasteiger partial charge >= 0.3 is 0 Å². The van der Waals surface area contributed by atoms with Crippen LogP contribution >= 0.6 is 0 Å². The maximum Gasteiger partial charge on any atom is 0.181 e. The van der Waals surface area contributed by atoms with Gasteiger partial charge in [0.2, 0.25) is 0 Å². The summed E-state index contributed by atoms with van der Waals surface area (Å²) in [6, 6.07) is 6.66. The van der Waals surface area contributed by atoms with E-state index < -0.39 is 0 Å². The molecule has 0 spiro atoms. The van der Waals surface area contributed by atoms with Crippen molar-refractivity contribution < 1.29 is 5.11 Å². The molecule has 0 bridgehead atoms. The van der Waals surface area contributed by atoms with Crippen molar-refractivity contribution in [3.63, 3.8) is 0 Å². The van der Waals surface area contributed by atoms with Gasteiger partial charge in [-0.05, 0) is 18.1 Å². The van der Waals surface area contributed by atoms with Crippen LogP contribution in [0.15, 0.2) is 24.3 Å². The summed E-state index contributed by atoms with van der Waals surface area (Å²) in [7, 11) is 0. The lowest BCUT2D eigenvalue weighted by Crippen LogP contribution is -2.18. The van der Waals surface area contributed by atoms with E-state index in [-0.39, 0.29) is 11.8 Å². The monoisotopic (exact) mass is 232 g/mol. The minimum atomic E-state index is -0.159. The number of H-pyrrole nitrogens is 1. The van der Waals surface area contributed by atoms with Gasteiger partial charge in [0.05, 0.1) is 6.04 Å². The lowest BCUT2D eigenvalue weighted by Gasteiger charge is -2.11. The number of aromatic hydroxyl groups is 1. The van der Waals surface area contributed by atoms with E-state index in [0.717, 1.165) is 5.56 Å². The van der Waals surface area contributed by atoms with Crippen molar-refractivity contribution in [3.8, 4) is 17.1 Å². The number of hydrogen-bond donors (Lipinski definition) is 3. The molecule has 2 rings (SSSR count). The van der Waals surface area contributed by atoms with Crippen LogP contribution in [0.1, 0.15) is 25.7 Å². The minimum Gasteiger partial charge on any atom is -0.508 e. The van der Waals surface area contributed by atoms with Gasteiger partial charge in [-0.15, -0.1) is 0 Å². The fourth-order valence-electron chi connectivity index (χ4n) is 1.51. The van der Waals surface area contributed by atoms with E-state index >= 15 is 0 Å². The van der Waals surface area contributed by atoms with Crippen molar-refractivity contribution >= 4 is 0 Å². The molecule has 2 aromatic rings. The Hall–Kier alpha value is -1.88. The average molecular weight is 232 g/mol. The third kappa shape index (κ3) is 2.45. The first-order chi connectivity index (χ1) is 8.08. The number of hydrogen-bond acceptors (Lipinski definition) is 4. The van der Waals surface area contributed by atoms with E-state index in [4.69, 9.17) is 5.73 Å². The SMILES string of the molecule is CC(C)C(N)c1nc(-c2cccc(O)c2)n[nH]1. The van der Waals surface area contributed by atoms with E-state index in [1.165, 1.54) is 0 Å². The Morgan fingerprint density at radius 1 is 1.35 bits per heavy atom. The number of aromatic amines is 1. The van der Waals surface area contributed by atoms with E-state index in [1.54, 1.807) is 18.2 Å². The first-order valence-corrected chi connectivity index (χ1v) is 5.55. The summed E-state index contributed by atoms with van der Waals surface area (Å²) in [4.78, 5) is 4.34. The van der Waals surface area contributed by atoms with E-state index in [0.29, 0.717) is 17.6 Å². The molecule has 4 N–H and O–H groups in total. The fraction of sp³-hybridized carbons (Fsp3) is 0.333. The molecule has 0 fully saturated rings. The normalized spacial score (nSPS) is 12.9. The van der Waals surface area contributed by atoms with Crippen molar-refractivity contribution in [2.45, 2.75) is 19.9 Å². The Morgan fingerprint density at radius 3 is 2.76 bits per heavy atom. The lowest BCUT2D eigenvalue weighted by molar-refractivity contribution is 0.475. The highest BCUT2D eigenvalue weighted by molar-refractivity contribution is 5.56. The molecule has 0 aliphatic rings. The van der Waals surface area contributed by atoms with Crippen LogP contribution in [-0.2, 0) is 0 Å². The second kappa shape index (κ2) is 4.55. The molecular weight excluding hydrogens is 216 g/mol. The molecule has 90 valence electrons. The molecule has 0 radical (unpaired) electrons. The number of phenols is 1. The third-order valence-electron chi connectivity index (χ3n) is 2.64. The quantitative estimate of drug-likeness (QED) is 0.753. The van der Waals surface area contributed by atoms with Crippen molar-refractivity contribution in [3.05, 3.63) is 30.1 Å². The lowest BCUT2D eigenvalue weighted by atomic mass is 10.1. The molecular formula is C12H16N4O. The highest BCUT2D eigenvalue weighted by atomic mass is 16.3. The highest BCUT2D eigenvalue weighted by Gasteiger charge is 2.15. The van der Waals surface area contributed by atoms with Crippen LogP contribution in [0.5, 0.6) is 5.75 Å². The number of rotatable bonds is 3. The Bertz CT molecular complexity index is 507. The Kier molecular flexibility index (Phi) is 3.10. The molecule has 0 aliphatic carbocycles. The van der Waals surface area contributed by atoms with Gasteiger partial charge in [0.1, 0.15) is 11.6 Å². The Morgan fingerprint density at radius 2 is 2.12 bits per heavy atom. The number of nitrogens with one attached hydrogen (secondary N) is 1. The first kappa shape index (κ1) is 11.6. The number of benzene rings is 1. The summed E-state index contributed by atoms with van der Waals surface area (Å²) >= 11 is 0. The zero-order valence-electron chi connectivity index (χ0n) is 9.88. The smallest absolute Gasteiger partial charge is 0.181 e. The van der Waals surface area contributed by atoms with Gasteiger partial charge in [-0.1, -0.05) is 26.0 Å². The highest BCUT2D eigenvalue weighted by Crippen LogP contribution is 2.22. The number of aromatic nitrogens is 3. The van der Waals surface area contributed by atoms with E-state index in [9.17, 15) is 5.11 Å². The molecule has 5 nitrogen and oxygen atoms in total. The fourth-order valence-corrected chi connectivity index (χ4v) is 1.51. The van der Waals surface area contributed by atoms with Crippen LogP contribution in [0, 0.1) is 5.92 Å². The molecule has 0 amide bonds. The first-order valence-electron chi connectivity index (χ1n) is 5.55. The number of nitrogens with two attached hydrogens (primary N) is 1. The molecule has 17 heavy (non-hydrogen) atoms. The summed E-state index contributed by atoms with van der Waals surface area (Å²) in [6.45, 7) is 4.06. The predicted octanol–water partition coefficient (Wildman–Crippen LogP) is 1.83. The van der Waals surface area contributed by atoms with Crippen molar-refractivity contribution in [1.82, 2.24) is 15.2 Å². The van der Waals surface area contributed by atoms with Gasteiger partial charge in [-0.2, -0.15) is 5.10 Å². The minimum absolute atomic E-state index is 0.159. The maximum absolute atomic E-state index is 9.39. The molecule has 5 heteroatoms. The molecule has 0 aliphatic heterocycles. The van der Waals surface area contributed by atoms with Crippen molar-refractivity contribution in [2.24, 2.45) is 11.7 Å². The summed E-state index contributed by atoms with van der Waals surface area (Å²) in [5.74, 6) is 1.70. The molecule has 1 atom stereocenters. The summed E-state index contributed by atoms with van der Waals surface area (Å²) in [5, 5.41) is 16.3. The van der Waals surface area contributed by atoms with Crippen molar-refractivity contribution in [1.29, 1.82) is 0 Å². The van der Waals surface area contributed by atoms with Crippen LogP contribution in [0.25, 0.3) is 11.4 Å². The topological polar surface area (TPSA) is 87.8 Å². The Balaban J connectivity index is 2.30. The predicted molar refractivity (Wildman–Crippen MR) is 65.2 cm³/mol. The second-order valence-electron chi connectivity index (χ2n) is 4.36. The summed E-state index contributed by atoms with van der Waals surface area (Å²) < 4.78 is 0. The van der Waals surface area contributed by atoms with Gasteiger partial charge < -0.3 is 10.8 Å². The third-order valence-corrected chi connectivity index (χ3v) is 2.64. The van der Waals surface area contributed by atoms with Crippen molar-refractivity contribution in [2.75, 3.05) is 0 Å². The summed E-state index contributed by atoms with van der Waals surface area (Å²) in [5.41, 5.74) is 6.74. The average Bonchev–Trinajstić information content (AvgIpc) is 2.77. The maximum atomic E-state index is 9.39. The molecule has 1 unspecified atom stereocenters. The zero-order valence-corrected chi connectivity index (χ0v) is 9.88. The Labute approximate surface area is 99.7 Å². The molecule has 0 saturated heterocycles. The molecule has 0 saturated carbocycles. The molecule has 1 aromatic heterocycles. The second-order valence-corrected chi connectivity index (χ2v) is 4.36. The van der Waals surface area contributed by atoms with Crippen LogP contribution in [0.4, 0.5) is 0 Å². The zero-order chi connectivity index (χ0) is 12.4. The van der Waals surface area contributed by atoms with Gasteiger partial charge in [-0.25, -0.2) is 4.98 Å². The summed E-state index contributed by atoms with van der Waals surface area (Å²) in [6.07, 6.45) is 0. The van der Waals surface area contributed by atoms with Crippen LogP contribution in [0.2, 0.25) is 0 Å². The van der Waals surface area contributed by atoms with Gasteiger partial charge in [0.25, 0.3) is 0 Å². The van der Waals surface area contributed by atoms with Gasteiger partial charge in [0, 0.05) is 5.56 Å². The number of phenolic OH excluding ortho intramolecular Hbond substituents is 1. The number of nitrogens with zero attached hydrogens (tertiary/aromatic N) is 2. The van der Waals surface area contributed by atoms with Gasteiger partial charge in [-0.3, -0.25) is 5.10 Å². The van der Waals surface area contributed by atoms with Crippen LogP contribution in [0.3, 0.4) is 0 Å². The standard InChI is InChI=1S/C12H16N4O/c1-7(2)10(13)12-14-11(15-16-12)8-4-3-5-9(17)6-8/h3-7,10,17H,13H2,1-2H3,(H,14,15,16). The largest absolute Gasteiger partial charge is 0.508 e. The van der Waals surface area contributed by atoms with Gasteiger partial charge in [0.15, 0.2) is 5.82 Å². The van der Waals surface area contributed by atoms with E-state index in [2.05, 4.69) is 15.2 Å². The van der Waals surface area contributed by atoms with Crippen LogP contribution in [-0.4, -0.2) is 20.3 Å². The molecule has 1 aromatic carbocycles.